The van der Waals surface area contributed by atoms with E-state index < -0.39 is 0 Å². The maximum atomic E-state index is 6.00. The third-order valence-electron chi connectivity index (χ3n) is 3.53. The Morgan fingerprint density at radius 2 is 1.86 bits per heavy atom. The highest BCUT2D eigenvalue weighted by Crippen LogP contribution is 2.24. The van der Waals surface area contributed by atoms with Crippen molar-refractivity contribution in [1.82, 2.24) is 5.32 Å². The molecule has 0 amide bonds. The molecule has 0 radical (unpaired) electrons. The van der Waals surface area contributed by atoms with Gasteiger partial charge in [0.2, 0.25) is 0 Å². The summed E-state index contributed by atoms with van der Waals surface area (Å²) >= 11 is 3.54. The van der Waals surface area contributed by atoms with Gasteiger partial charge in [0.05, 0.1) is 0 Å². The zero-order valence-electron chi connectivity index (χ0n) is 13.1. The first-order valence-corrected chi connectivity index (χ1v) is 8.74. The van der Waals surface area contributed by atoms with Crippen molar-refractivity contribution in [3.63, 3.8) is 0 Å². The first-order chi connectivity index (χ1) is 10.8. The van der Waals surface area contributed by atoms with Gasteiger partial charge in [-0.1, -0.05) is 66.0 Å². The van der Waals surface area contributed by atoms with Crippen molar-refractivity contribution in [3.8, 4) is 5.75 Å². The van der Waals surface area contributed by atoms with Crippen LogP contribution >= 0.6 is 15.9 Å². The molecule has 0 aliphatic rings. The zero-order valence-corrected chi connectivity index (χ0v) is 14.7. The van der Waals surface area contributed by atoms with E-state index in [9.17, 15) is 0 Å². The summed E-state index contributed by atoms with van der Waals surface area (Å²) in [5, 5.41) is 3.50. The van der Waals surface area contributed by atoms with E-state index >= 15 is 0 Å². The van der Waals surface area contributed by atoms with Crippen molar-refractivity contribution in [2.24, 2.45) is 0 Å². The molecule has 0 spiro atoms. The lowest BCUT2D eigenvalue weighted by Gasteiger charge is -2.13. The maximum absolute atomic E-state index is 6.00. The molecule has 0 heterocycles. The van der Waals surface area contributed by atoms with Gasteiger partial charge in [0.15, 0.2) is 0 Å². The van der Waals surface area contributed by atoms with Crippen molar-refractivity contribution in [1.29, 1.82) is 0 Å². The van der Waals surface area contributed by atoms with Crippen LogP contribution < -0.4 is 10.1 Å². The van der Waals surface area contributed by atoms with Crippen LogP contribution in [-0.2, 0) is 13.2 Å². The van der Waals surface area contributed by atoms with Gasteiger partial charge in [0.1, 0.15) is 12.4 Å². The summed E-state index contributed by atoms with van der Waals surface area (Å²) in [6.07, 6.45) is 3.76. The topological polar surface area (TPSA) is 21.3 Å². The molecule has 0 aromatic heterocycles. The SMILES string of the molecule is CCCCCNCc1cc(Br)ccc1OCc1ccccc1. The smallest absolute Gasteiger partial charge is 0.124 e. The summed E-state index contributed by atoms with van der Waals surface area (Å²) < 4.78 is 7.08. The molecule has 2 rings (SSSR count). The Hall–Kier alpha value is -1.32. The van der Waals surface area contributed by atoms with Crippen molar-refractivity contribution < 1.29 is 4.74 Å². The van der Waals surface area contributed by atoms with E-state index in [4.69, 9.17) is 4.74 Å². The van der Waals surface area contributed by atoms with Crippen LogP contribution in [0.3, 0.4) is 0 Å². The van der Waals surface area contributed by atoms with Gasteiger partial charge in [-0.25, -0.2) is 0 Å². The van der Waals surface area contributed by atoms with Crippen molar-refractivity contribution in [3.05, 3.63) is 64.1 Å². The highest BCUT2D eigenvalue weighted by atomic mass is 79.9. The first kappa shape index (κ1) is 17.0. The molecule has 0 aliphatic heterocycles. The average molecular weight is 362 g/mol. The maximum Gasteiger partial charge on any atom is 0.124 e. The number of ether oxygens (including phenoxy) is 1. The van der Waals surface area contributed by atoms with Gasteiger partial charge in [-0.05, 0) is 36.7 Å². The normalized spacial score (nSPS) is 10.6. The summed E-state index contributed by atoms with van der Waals surface area (Å²) in [5.74, 6) is 0.954. The molecule has 1 N–H and O–H groups in total. The summed E-state index contributed by atoms with van der Waals surface area (Å²) in [4.78, 5) is 0. The Morgan fingerprint density at radius 3 is 2.64 bits per heavy atom. The summed E-state index contributed by atoms with van der Waals surface area (Å²) in [5.41, 5.74) is 2.38. The van der Waals surface area contributed by atoms with Gasteiger partial charge in [-0.15, -0.1) is 0 Å². The van der Waals surface area contributed by atoms with Gasteiger partial charge in [-0.2, -0.15) is 0 Å². The molecule has 2 aromatic rings. The second-order valence-corrected chi connectivity index (χ2v) is 6.33. The number of hydrogen-bond donors (Lipinski definition) is 1. The van der Waals surface area contributed by atoms with Gasteiger partial charge in [-0.3, -0.25) is 0 Å². The van der Waals surface area contributed by atoms with E-state index in [0.29, 0.717) is 6.61 Å². The average Bonchev–Trinajstić information content (AvgIpc) is 2.55. The molecule has 0 unspecified atom stereocenters. The van der Waals surface area contributed by atoms with Crippen LogP contribution in [-0.4, -0.2) is 6.54 Å². The molecule has 0 aliphatic carbocycles. The van der Waals surface area contributed by atoms with Gasteiger partial charge < -0.3 is 10.1 Å². The highest BCUT2D eigenvalue weighted by Gasteiger charge is 2.05. The molecule has 22 heavy (non-hydrogen) atoms. The molecule has 0 fully saturated rings. The molecule has 0 saturated heterocycles. The zero-order chi connectivity index (χ0) is 15.6. The lowest BCUT2D eigenvalue weighted by atomic mass is 10.2. The Balaban J connectivity index is 1.92. The standard InChI is InChI=1S/C19H24BrNO/c1-2-3-7-12-21-14-17-13-18(20)10-11-19(17)22-15-16-8-5-4-6-9-16/h4-6,8-11,13,21H,2-3,7,12,14-15H2,1H3. The summed E-state index contributed by atoms with van der Waals surface area (Å²) in [6, 6.07) is 16.5. The van der Waals surface area contributed by atoms with Crippen LogP contribution in [0.15, 0.2) is 53.0 Å². The Labute approximate surface area is 142 Å². The fourth-order valence-electron chi connectivity index (χ4n) is 2.29. The molecule has 0 bridgehead atoms. The van der Waals surface area contributed by atoms with Crippen molar-refractivity contribution in [2.75, 3.05) is 6.54 Å². The number of unbranched alkanes of at least 4 members (excludes halogenated alkanes) is 2. The molecule has 0 atom stereocenters. The molecule has 2 nitrogen and oxygen atoms in total. The summed E-state index contributed by atoms with van der Waals surface area (Å²) in [7, 11) is 0. The van der Waals surface area contributed by atoms with Crippen molar-refractivity contribution in [2.45, 2.75) is 39.3 Å². The fourth-order valence-corrected chi connectivity index (χ4v) is 2.69. The number of benzene rings is 2. The van der Waals surface area contributed by atoms with E-state index in [1.165, 1.54) is 30.4 Å². The lowest BCUT2D eigenvalue weighted by molar-refractivity contribution is 0.302. The van der Waals surface area contributed by atoms with Crippen LogP contribution in [0.5, 0.6) is 5.75 Å². The number of hydrogen-bond acceptors (Lipinski definition) is 2. The van der Waals surface area contributed by atoms with E-state index in [-0.39, 0.29) is 0 Å². The summed E-state index contributed by atoms with van der Waals surface area (Å²) in [6.45, 7) is 4.72. The van der Waals surface area contributed by atoms with E-state index in [1.54, 1.807) is 0 Å². The monoisotopic (exact) mass is 361 g/mol. The molecule has 0 saturated carbocycles. The van der Waals surface area contributed by atoms with Gasteiger partial charge in [0, 0.05) is 16.6 Å². The molecule has 118 valence electrons. The Morgan fingerprint density at radius 1 is 1.05 bits per heavy atom. The minimum absolute atomic E-state index is 0.602. The van der Waals surface area contributed by atoms with Crippen LogP contribution in [0.1, 0.15) is 37.3 Å². The third kappa shape index (κ3) is 5.82. The number of nitrogens with one attached hydrogen (secondary N) is 1. The van der Waals surface area contributed by atoms with Crippen LogP contribution in [0.4, 0.5) is 0 Å². The Bertz CT molecular complexity index is 557. The van der Waals surface area contributed by atoms with E-state index in [0.717, 1.165) is 23.3 Å². The minimum atomic E-state index is 0.602. The van der Waals surface area contributed by atoms with Crippen LogP contribution in [0, 0.1) is 0 Å². The quantitative estimate of drug-likeness (QED) is 0.611. The van der Waals surface area contributed by atoms with Crippen LogP contribution in [0.25, 0.3) is 0 Å². The van der Waals surface area contributed by atoms with Gasteiger partial charge >= 0.3 is 0 Å². The molecular formula is C19H24BrNO. The molecular weight excluding hydrogens is 338 g/mol. The number of halogens is 1. The fraction of sp³-hybridized carbons (Fsp3) is 0.368. The third-order valence-corrected chi connectivity index (χ3v) is 4.03. The van der Waals surface area contributed by atoms with E-state index in [1.807, 2.05) is 30.3 Å². The minimum Gasteiger partial charge on any atom is -0.489 e. The molecule has 2 aromatic carbocycles. The van der Waals surface area contributed by atoms with Crippen molar-refractivity contribution >= 4 is 15.9 Å². The predicted molar refractivity (Wildman–Crippen MR) is 96.1 cm³/mol. The predicted octanol–water partition coefficient (Wildman–Crippen LogP) is 5.31. The Kier molecular flexibility index (Phi) is 7.47. The van der Waals surface area contributed by atoms with E-state index in [2.05, 4.69) is 46.4 Å². The first-order valence-electron chi connectivity index (χ1n) is 7.95. The number of rotatable bonds is 9. The lowest BCUT2D eigenvalue weighted by Crippen LogP contribution is -2.15. The second-order valence-electron chi connectivity index (χ2n) is 5.41. The largest absolute Gasteiger partial charge is 0.489 e. The molecule has 3 heteroatoms. The highest BCUT2D eigenvalue weighted by molar-refractivity contribution is 9.10. The second kappa shape index (κ2) is 9.65. The van der Waals surface area contributed by atoms with Gasteiger partial charge in [0.25, 0.3) is 0 Å². The van der Waals surface area contributed by atoms with Crippen LogP contribution in [0.2, 0.25) is 0 Å².